The standard InChI is InChI=1S/C21H24N2O2/c1-4-18(24-3)14-25-19-12-10-17(11-13-19)21-15(2)20(22-23-21)16-8-6-5-7-9-16/h5-13,18H,4,14H2,1-3H3,(H,22,23). The molecule has 0 aliphatic heterocycles. The van der Waals surface area contributed by atoms with Gasteiger partial charge in [0.2, 0.25) is 0 Å². The van der Waals surface area contributed by atoms with Crippen LogP contribution in [0.1, 0.15) is 18.9 Å². The number of aromatic nitrogens is 2. The number of nitrogens with zero attached hydrogens (tertiary/aromatic N) is 1. The van der Waals surface area contributed by atoms with Crippen LogP contribution in [0.15, 0.2) is 54.6 Å². The van der Waals surface area contributed by atoms with Crippen molar-refractivity contribution in [3.05, 3.63) is 60.2 Å². The fourth-order valence-corrected chi connectivity index (χ4v) is 2.82. The Morgan fingerprint density at radius 3 is 2.36 bits per heavy atom. The third-order valence-corrected chi connectivity index (χ3v) is 4.42. The van der Waals surface area contributed by atoms with Crippen molar-refractivity contribution in [1.29, 1.82) is 0 Å². The van der Waals surface area contributed by atoms with Crippen molar-refractivity contribution in [2.45, 2.75) is 26.4 Å². The highest BCUT2D eigenvalue weighted by Gasteiger charge is 2.12. The highest BCUT2D eigenvalue weighted by molar-refractivity contribution is 5.73. The predicted octanol–water partition coefficient (Wildman–Crippen LogP) is 4.86. The van der Waals surface area contributed by atoms with Crippen molar-refractivity contribution in [1.82, 2.24) is 10.2 Å². The molecular formula is C21H24N2O2. The van der Waals surface area contributed by atoms with Crippen molar-refractivity contribution in [2.24, 2.45) is 0 Å². The molecule has 1 atom stereocenters. The topological polar surface area (TPSA) is 47.1 Å². The van der Waals surface area contributed by atoms with E-state index in [0.29, 0.717) is 6.61 Å². The Labute approximate surface area is 148 Å². The molecule has 4 nitrogen and oxygen atoms in total. The summed E-state index contributed by atoms with van der Waals surface area (Å²) < 4.78 is 11.1. The average molecular weight is 336 g/mol. The van der Waals surface area contributed by atoms with E-state index in [1.807, 2.05) is 30.3 Å². The molecule has 0 radical (unpaired) electrons. The molecule has 2 aromatic carbocycles. The van der Waals surface area contributed by atoms with Gasteiger partial charge in [0.05, 0.1) is 17.5 Å². The first-order chi connectivity index (χ1) is 12.2. The van der Waals surface area contributed by atoms with Crippen LogP contribution in [0.5, 0.6) is 5.75 Å². The van der Waals surface area contributed by atoms with Crippen LogP contribution < -0.4 is 4.74 Å². The molecule has 1 unspecified atom stereocenters. The summed E-state index contributed by atoms with van der Waals surface area (Å²) >= 11 is 0. The highest BCUT2D eigenvalue weighted by atomic mass is 16.5. The van der Waals surface area contributed by atoms with Gasteiger partial charge in [0.1, 0.15) is 12.4 Å². The normalized spacial score (nSPS) is 12.1. The second-order valence-corrected chi connectivity index (χ2v) is 6.04. The monoisotopic (exact) mass is 336 g/mol. The Hall–Kier alpha value is -2.59. The molecule has 0 fully saturated rings. The van der Waals surface area contributed by atoms with E-state index < -0.39 is 0 Å². The van der Waals surface area contributed by atoms with E-state index in [-0.39, 0.29) is 6.10 Å². The highest BCUT2D eigenvalue weighted by Crippen LogP contribution is 2.30. The molecule has 0 spiro atoms. The summed E-state index contributed by atoms with van der Waals surface area (Å²) in [6.07, 6.45) is 1.06. The van der Waals surface area contributed by atoms with E-state index >= 15 is 0 Å². The average Bonchev–Trinajstić information content (AvgIpc) is 3.05. The van der Waals surface area contributed by atoms with Crippen LogP contribution in [0.25, 0.3) is 22.5 Å². The lowest BCUT2D eigenvalue weighted by atomic mass is 10.0. The van der Waals surface area contributed by atoms with Crippen LogP contribution >= 0.6 is 0 Å². The lowest BCUT2D eigenvalue weighted by molar-refractivity contribution is 0.0556. The lowest BCUT2D eigenvalue weighted by Crippen LogP contribution is -2.18. The van der Waals surface area contributed by atoms with E-state index in [0.717, 1.165) is 40.2 Å². The minimum Gasteiger partial charge on any atom is -0.491 e. The number of hydrogen-bond acceptors (Lipinski definition) is 3. The smallest absolute Gasteiger partial charge is 0.119 e. The number of hydrogen-bond donors (Lipinski definition) is 1. The van der Waals surface area contributed by atoms with E-state index in [2.05, 4.69) is 48.3 Å². The number of nitrogens with one attached hydrogen (secondary N) is 1. The van der Waals surface area contributed by atoms with Crippen molar-refractivity contribution >= 4 is 0 Å². The molecule has 25 heavy (non-hydrogen) atoms. The van der Waals surface area contributed by atoms with Gasteiger partial charge in [-0.1, -0.05) is 37.3 Å². The van der Waals surface area contributed by atoms with Crippen LogP contribution in [0, 0.1) is 6.92 Å². The molecule has 0 saturated carbocycles. The van der Waals surface area contributed by atoms with Gasteiger partial charge in [0.15, 0.2) is 0 Å². The summed E-state index contributed by atoms with van der Waals surface area (Å²) in [5.41, 5.74) is 5.38. The molecule has 4 heteroatoms. The number of ether oxygens (including phenoxy) is 2. The minimum absolute atomic E-state index is 0.128. The summed E-state index contributed by atoms with van der Waals surface area (Å²) in [7, 11) is 1.71. The number of rotatable bonds is 7. The molecule has 0 saturated heterocycles. The van der Waals surface area contributed by atoms with Gasteiger partial charge >= 0.3 is 0 Å². The molecule has 1 aromatic heterocycles. The van der Waals surface area contributed by atoms with Crippen LogP contribution in [-0.4, -0.2) is 30.0 Å². The van der Waals surface area contributed by atoms with E-state index in [9.17, 15) is 0 Å². The number of methoxy groups -OCH3 is 1. The Morgan fingerprint density at radius 2 is 1.72 bits per heavy atom. The van der Waals surface area contributed by atoms with Gasteiger partial charge in [-0.05, 0) is 37.6 Å². The quantitative estimate of drug-likeness (QED) is 0.670. The third kappa shape index (κ3) is 3.91. The maximum atomic E-state index is 5.79. The molecule has 130 valence electrons. The zero-order chi connectivity index (χ0) is 17.6. The Kier molecular flexibility index (Phi) is 5.51. The SMILES string of the molecule is CCC(COc1ccc(-c2[nH]nc(-c3ccccc3)c2C)cc1)OC. The second-order valence-electron chi connectivity index (χ2n) is 6.04. The predicted molar refractivity (Wildman–Crippen MR) is 101 cm³/mol. The lowest BCUT2D eigenvalue weighted by Gasteiger charge is -2.14. The summed E-state index contributed by atoms with van der Waals surface area (Å²) in [6.45, 7) is 4.75. The molecule has 1 N–H and O–H groups in total. The largest absolute Gasteiger partial charge is 0.491 e. The zero-order valence-electron chi connectivity index (χ0n) is 15.0. The van der Waals surface area contributed by atoms with Gasteiger partial charge in [0.25, 0.3) is 0 Å². The van der Waals surface area contributed by atoms with Gasteiger partial charge in [0, 0.05) is 23.8 Å². The molecule has 3 rings (SSSR count). The van der Waals surface area contributed by atoms with Gasteiger partial charge in [-0.25, -0.2) is 0 Å². The summed E-state index contributed by atoms with van der Waals surface area (Å²) in [5, 5.41) is 7.66. The van der Waals surface area contributed by atoms with Crippen molar-refractivity contribution in [3.8, 4) is 28.3 Å². The van der Waals surface area contributed by atoms with Gasteiger partial charge in [-0.2, -0.15) is 5.10 Å². The molecule has 0 aliphatic rings. The van der Waals surface area contributed by atoms with Crippen LogP contribution in [0.2, 0.25) is 0 Å². The summed E-state index contributed by atoms with van der Waals surface area (Å²) in [6, 6.07) is 18.3. The fourth-order valence-electron chi connectivity index (χ4n) is 2.82. The second kappa shape index (κ2) is 7.99. The van der Waals surface area contributed by atoms with Gasteiger partial charge in [-0.3, -0.25) is 5.10 Å². The number of aromatic amines is 1. The van der Waals surface area contributed by atoms with E-state index in [1.165, 1.54) is 0 Å². The molecule has 0 bridgehead atoms. The van der Waals surface area contributed by atoms with Crippen molar-refractivity contribution in [2.75, 3.05) is 13.7 Å². The van der Waals surface area contributed by atoms with E-state index in [4.69, 9.17) is 9.47 Å². The molecule has 0 aliphatic carbocycles. The fraction of sp³-hybridized carbons (Fsp3) is 0.286. The number of H-pyrrole nitrogens is 1. The first kappa shape index (κ1) is 17.2. The number of benzene rings is 2. The van der Waals surface area contributed by atoms with Crippen LogP contribution in [-0.2, 0) is 4.74 Å². The minimum atomic E-state index is 0.128. The summed E-state index contributed by atoms with van der Waals surface area (Å²) in [4.78, 5) is 0. The van der Waals surface area contributed by atoms with Crippen LogP contribution in [0.4, 0.5) is 0 Å². The molecular weight excluding hydrogens is 312 g/mol. The van der Waals surface area contributed by atoms with Crippen molar-refractivity contribution < 1.29 is 9.47 Å². The van der Waals surface area contributed by atoms with E-state index in [1.54, 1.807) is 7.11 Å². The maximum absolute atomic E-state index is 5.79. The first-order valence-corrected chi connectivity index (χ1v) is 8.59. The molecule has 3 aromatic rings. The first-order valence-electron chi connectivity index (χ1n) is 8.59. The Morgan fingerprint density at radius 1 is 1.00 bits per heavy atom. The van der Waals surface area contributed by atoms with Gasteiger partial charge in [-0.15, -0.1) is 0 Å². The molecule has 1 heterocycles. The molecule has 0 amide bonds. The maximum Gasteiger partial charge on any atom is 0.119 e. The van der Waals surface area contributed by atoms with Gasteiger partial charge < -0.3 is 9.47 Å². The Balaban J connectivity index is 1.76. The van der Waals surface area contributed by atoms with Crippen LogP contribution in [0.3, 0.4) is 0 Å². The summed E-state index contributed by atoms with van der Waals surface area (Å²) in [5.74, 6) is 0.847. The zero-order valence-corrected chi connectivity index (χ0v) is 15.0. The third-order valence-electron chi connectivity index (χ3n) is 4.42. The van der Waals surface area contributed by atoms with Crippen molar-refractivity contribution in [3.63, 3.8) is 0 Å². The Bertz CT molecular complexity index is 791.